The van der Waals surface area contributed by atoms with Crippen LogP contribution in [-0.4, -0.2) is 24.6 Å². The first-order chi connectivity index (χ1) is 11.8. The Bertz CT molecular complexity index is 921. The second-order valence-corrected chi connectivity index (χ2v) is 6.22. The van der Waals surface area contributed by atoms with Gasteiger partial charge in [-0.25, -0.2) is 0 Å². The maximum atomic E-state index is 5.59. The molecule has 1 aliphatic rings. The third kappa shape index (κ3) is 2.55. The highest BCUT2D eigenvalue weighted by Crippen LogP contribution is 2.38. The molecular formula is C20H22N4. The van der Waals surface area contributed by atoms with Crippen molar-refractivity contribution in [1.29, 1.82) is 0 Å². The molecule has 2 heterocycles. The maximum Gasteiger partial charge on any atom is 0.112 e. The highest BCUT2D eigenvalue weighted by molar-refractivity contribution is 6.03. The zero-order valence-electron chi connectivity index (χ0n) is 13.8. The molecule has 122 valence electrons. The van der Waals surface area contributed by atoms with Gasteiger partial charge in [-0.05, 0) is 41.8 Å². The van der Waals surface area contributed by atoms with E-state index < -0.39 is 0 Å². The molecule has 2 aromatic carbocycles. The van der Waals surface area contributed by atoms with Crippen molar-refractivity contribution in [3.05, 3.63) is 65.2 Å². The minimum absolute atomic E-state index is 0.628. The van der Waals surface area contributed by atoms with Crippen LogP contribution < -0.4 is 16.4 Å². The Morgan fingerprint density at radius 1 is 1.17 bits per heavy atom. The van der Waals surface area contributed by atoms with Gasteiger partial charge in [0.05, 0.1) is 0 Å². The molecule has 4 heteroatoms. The van der Waals surface area contributed by atoms with E-state index in [1.807, 2.05) is 0 Å². The molecule has 0 radical (unpaired) electrons. The number of aromatic amines is 1. The summed E-state index contributed by atoms with van der Waals surface area (Å²) >= 11 is 0. The van der Waals surface area contributed by atoms with Gasteiger partial charge in [-0.15, -0.1) is 0 Å². The summed E-state index contributed by atoms with van der Waals surface area (Å²) < 4.78 is 0. The van der Waals surface area contributed by atoms with Gasteiger partial charge in [0.15, 0.2) is 0 Å². The molecule has 0 amide bonds. The average Bonchev–Trinajstić information content (AvgIpc) is 2.97. The second kappa shape index (κ2) is 6.06. The second-order valence-electron chi connectivity index (χ2n) is 6.22. The normalized spacial score (nSPS) is 13.3. The van der Waals surface area contributed by atoms with E-state index in [2.05, 4.69) is 71.1 Å². The van der Waals surface area contributed by atoms with Crippen LogP contribution in [0.1, 0.15) is 16.7 Å². The minimum Gasteiger partial charge on any atom is -0.384 e. The fourth-order valence-corrected chi connectivity index (χ4v) is 3.36. The molecule has 0 saturated carbocycles. The zero-order chi connectivity index (χ0) is 16.5. The lowest BCUT2D eigenvalue weighted by atomic mass is 9.94. The van der Waals surface area contributed by atoms with Gasteiger partial charge in [-0.2, -0.15) is 0 Å². The molecule has 0 aliphatic carbocycles. The minimum atomic E-state index is 0.628. The van der Waals surface area contributed by atoms with Crippen LogP contribution in [-0.2, 0) is 0 Å². The Kier molecular flexibility index (Phi) is 3.75. The monoisotopic (exact) mass is 318 g/mol. The van der Waals surface area contributed by atoms with E-state index in [0.717, 1.165) is 24.6 Å². The van der Waals surface area contributed by atoms with Crippen LogP contribution in [0.5, 0.6) is 0 Å². The van der Waals surface area contributed by atoms with Crippen molar-refractivity contribution >= 4 is 28.0 Å². The molecule has 1 aromatic heterocycles. The van der Waals surface area contributed by atoms with Crippen LogP contribution in [0.3, 0.4) is 0 Å². The van der Waals surface area contributed by atoms with Crippen molar-refractivity contribution in [3.8, 4) is 0 Å². The summed E-state index contributed by atoms with van der Waals surface area (Å²) in [5.74, 6) is 1.11. The smallest absolute Gasteiger partial charge is 0.112 e. The number of aryl methyl sites for hydroxylation is 1. The van der Waals surface area contributed by atoms with E-state index in [4.69, 9.17) is 5.73 Å². The summed E-state index contributed by atoms with van der Waals surface area (Å²) in [5, 5.41) is 8.08. The van der Waals surface area contributed by atoms with Crippen LogP contribution in [0, 0.1) is 6.92 Å². The van der Waals surface area contributed by atoms with Crippen molar-refractivity contribution in [2.75, 3.05) is 30.3 Å². The van der Waals surface area contributed by atoms with Crippen molar-refractivity contribution in [3.63, 3.8) is 0 Å². The van der Waals surface area contributed by atoms with Crippen molar-refractivity contribution in [2.24, 2.45) is 5.73 Å². The number of nitrogens with one attached hydrogen (secondary N) is 3. The lowest BCUT2D eigenvalue weighted by molar-refractivity contribution is 1.02. The molecule has 1 aliphatic heterocycles. The van der Waals surface area contributed by atoms with E-state index in [0.29, 0.717) is 6.54 Å². The van der Waals surface area contributed by atoms with Crippen LogP contribution >= 0.6 is 0 Å². The summed E-state index contributed by atoms with van der Waals surface area (Å²) in [6.45, 7) is 4.36. The summed E-state index contributed by atoms with van der Waals surface area (Å²) in [4.78, 5) is 3.52. The number of nitrogens with two attached hydrogens (primary N) is 1. The number of aromatic nitrogens is 1. The number of H-pyrrole nitrogens is 1. The molecule has 4 nitrogen and oxygen atoms in total. The molecule has 0 atom stereocenters. The van der Waals surface area contributed by atoms with Crippen LogP contribution in [0.25, 0.3) is 16.5 Å². The summed E-state index contributed by atoms with van der Waals surface area (Å²) in [5.41, 5.74) is 12.9. The zero-order valence-corrected chi connectivity index (χ0v) is 13.8. The van der Waals surface area contributed by atoms with E-state index >= 15 is 0 Å². The number of rotatable bonds is 4. The predicted molar refractivity (Wildman–Crippen MR) is 103 cm³/mol. The van der Waals surface area contributed by atoms with Gasteiger partial charge in [0.1, 0.15) is 5.82 Å². The van der Waals surface area contributed by atoms with Crippen molar-refractivity contribution in [2.45, 2.75) is 6.92 Å². The first-order valence-electron chi connectivity index (χ1n) is 8.37. The fraction of sp³-hybridized carbons (Fsp3) is 0.200. The van der Waals surface area contributed by atoms with Gasteiger partial charge < -0.3 is 21.4 Å². The van der Waals surface area contributed by atoms with Gasteiger partial charge in [0.2, 0.25) is 0 Å². The molecule has 5 N–H and O–H groups in total. The van der Waals surface area contributed by atoms with Crippen molar-refractivity contribution < 1.29 is 0 Å². The highest BCUT2D eigenvalue weighted by Gasteiger charge is 2.19. The Morgan fingerprint density at radius 2 is 2.08 bits per heavy atom. The fourth-order valence-electron chi connectivity index (χ4n) is 3.36. The summed E-state index contributed by atoms with van der Waals surface area (Å²) in [7, 11) is 0. The number of benzene rings is 2. The number of anilines is 2. The standard InChI is InChI=1S/C20H22N4/c1-13-5-6-17-18(11-13)24-20-19(17)16(7-9-23-20)14-3-2-4-15(12-14)22-10-8-21/h2-7,11-12,22-24H,8-10,21H2,1H3. The van der Waals surface area contributed by atoms with E-state index in [-0.39, 0.29) is 0 Å². The first kappa shape index (κ1) is 14.8. The molecule has 0 bridgehead atoms. The van der Waals surface area contributed by atoms with Gasteiger partial charge in [0.25, 0.3) is 0 Å². The quantitative estimate of drug-likeness (QED) is 0.593. The molecular weight excluding hydrogens is 296 g/mol. The number of fused-ring (bicyclic) bond motifs is 3. The van der Waals surface area contributed by atoms with Gasteiger partial charge >= 0.3 is 0 Å². The molecule has 0 spiro atoms. The highest BCUT2D eigenvalue weighted by atomic mass is 15.0. The average molecular weight is 318 g/mol. The predicted octanol–water partition coefficient (Wildman–Crippen LogP) is 3.70. The third-order valence-corrected chi connectivity index (χ3v) is 4.46. The maximum absolute atomic E-state index is 5.59. The summed E-state index contributed by atoms with van der Waals surface area (Å²) in [6, 6.07) is 15.1. The van der Waals surface area contributed by atoms with E-state index in [9.17, 15) is 0 Å². The number of hydrogen-bond donors (Lipinski definition) is 4. The lowest BCUT2D eigenvalue weighted by Crippen LogP contribution is -2.13. The summed E-state index contributed by atoms with van der Waals surface area (Å²) in [6.07, 6.45) is 2.26. The van der Waals surface area contributed by atoms with Gasteiger partial charge in [0, 0.05) is 41.8 Å². The SMILES string of the molecule is Cc1ccc2c3c([nH]c2c1)NCC=C3c1cccc(NCCN)c1. The van der Waals surface area contributed by atoms with Crippen molar-refractivity contribution in [1.82, 2.24) is 4.98 Å². The van der Waals surface area contributed by atoms with E-state index in [1.165, 1.54) is 33.2 Å². The van der Waals surface area contributed by atoms with Gasteiger partial charge in [-0.3, -0.25) is 0 Å². The molecule has 3 aromatic rings. The molecule has 0 saturated heterocycles. The molecule has 0 unspecified atom stereocenters. The topological polar surface area (TPSA) is 65.9 Å². The van der Waals surface area contributed by atoms with Crippen LogP contribution in [0.15, 0.2) is 48.5 Å². The lowest BCUT2D eigenvalue weighted by Gasteiger charge is -2.17. The Balaban J connectivity index is 1.81. The molecule has 0 fully saturated rings. The molecule has 24 heavy (non-hydrogen) atoms. The van der Waals surface area contributed by atoms with Crippen LogP contribution in [0.2, 0.25) is 0 Å². The Hall–Kier alpha value is -2.72. The third-order valence-electron chi connectivity index (χ3n) is 4.46. The number of hydrogen-bond acceptors (Lipinski definition) is 3. The first-order valence-corrected chi connectivity index (χ1v) is 8.37. The molecule has 4 rings (SSSR count). The largest absolute Gasteiger partial charge is 0.384 e. The van der Waals surface area contributed by atoms with Gasteiger partial charge in [-0.1, -0.05) is 30.3 Å². The Labute approximate surface area is 141 Å². The van der Waals surface area contributed by atoms with E-state index in [1.54, 1.807) is 0 Å². The van der Waals surface area contributed by atoms with Crippen LogP contribution in [0.4, 0.5) is 11.5 Å². The Morgan fingerprint density at radius 3 is 2.96 bits per heavy atom.